The first-order chi connectivity index (χ1) is 9.83. The fourth-order valence-corrected chi connectivity index (χ4v) is 2.26. The lowest BCUT2D eigenvalue weighted by molar-refractivity contribution is 0.0994. The molecule has 0 atom stereocenters. The van der Waals surface area contributed by atoms with Crippen molar-refractivity contribution in [3.63, 3.8) is 0 Å². The first-order valence-electron chi connectivity index (χ1n) is 7.16. The van der Waals surface area contributed by atoms with E-state index in [1.807, 2.05) is 62.4 Å². The minimum Gasteiger partial charge on any atom is -0.489 e. The first kappa shape index (κ1) is 14.3. The Morgan fingerprint density at radius 2 is 1.75 bits per heavy atom. The zero-order valence-corrected chi connectivity index (χ0v) is 12.1. The third-order valence-corrected chi connectivity index (χ3v) is 3.25. The number of fused-ring (bicyclic) bond motifs is 1. The van der Waals surface area contributed by atoms with Crippen LogP contribution in [0, 0.1) is 0 Å². The van der Waals surface area contributed by atoms with Gasteiger partial charge in [-0.15, -0.1) is 0 Å². The highest BCUT2D eigenvalue weighted by atomic mass is 16.5. The van der Waals surface area contributed by atoms with Crippen molar-refractivity contribution < 1.29 is 9.53 Å². The average molecular weight is 268 g/mol. The van der Waals surface area contributed by atoms with Gasteiger partial charge in [-0.1, -0.05) is 44.2 Å². The molecule has 2 nitrogen and oxygen atoms in total. The molecule has 0 fully saturated rings. The van der Waals surface area contributed by atoms with E-state index >= 15 is 0 Å². The molecule has 0 heterocycles. The number of hydrogen-bond acceptors (Lipinski definition) is 2. The first-order valence-corrected chi connectivity index (χ1v) is 7.16. The minimum atomic E-state index is 0.250. The SMILES string of the molecule is CC.O=C1CCc2cc(OCc3ccccc3)ccc21. The van der Waals surface area contributed by atoms with E-state index in [4.69, 9.17) is 4.74 Å². The predicted molar refractivity (Wildman–Crippen MR) is 81.2 cm³/mol. The number of carbonyl (C=O) groups excluding carboxylic acids is 1. The van der Waals surface area contributed by atoms with Gasteiger partial charge in [0.15, 0.2) is 5.78 Å². The van der Waals surface area contributed by atoms with Crippen LogP contribution >= 0.6 is 0 Å². The highest BCUT2D eigenvalue weighted by Crippen LogP contribution is 2.26. The molecule has 0 aliphatic heterocycles. The second-order valence-corrected chi connectivity index (χ2v) is 4.52. The summed E-state index contributed by atoms with van der Waals surface area (Å²) in [5.74, 6) is 1.09. The van der Waals surface area contributed by atoms with Crippen LogP contribution in [0.4, 0.5) is 0 Å². The molecule has 0 bridgehead atoms. The molecule has 0 radical (unpaired) electrons. The Hall–Kier alpha value is -2.09. The average Bonchev–Trinajstić information content (AvgIpc) is 2.89. The molecule has 1 aliphatic carbocycles. The Morgan fingerprint density at radius 3 is 2.50 bits per heavy atom. The molecule has 0 saturated heterocycles. The van der Waals surface area contributed by atoms with Gasteiger partial charge in [-0.25, -0.2) is 0 Å². The number of Topliss-reactive ketones (excluding diaryl/α,β-unsaturated/α-hetero) is 1. The normalized spacial score (nSPS) is 12.4. The number of ether oxygens (including phenoxy) is 1. The monoisotopic (exact) mass is 268 g/mol. The van der Waals surface area contributed by atoms with Gasteiger partial charge in [0.05, 0.1) is 0 Å². The van der Waals surface area contributed by atoms with Crippen LogP contribution in [-0.2, 0) is 13.0 Å². The van der Waals surface area contributed by atoms with E-state index in [0.29, 0.717) is 13.0 Å². The van der Waals surface area contributed by atoms with E-state index < -0.39 is 0 Å². The van der Waals surface area contributed by atoms with Gasteiger partial charge in [-0.05, 0) is 35.7 Å². The molecule has 0 saturated carbocycles. The number of rotatable bonds is 3. The van der Waals surface area contributed by atoms with Gasteiger partial charge in [0.25, 0.3) is 0 Å². The fourth-order valence-electron chi connectivity index (χ4n) is 2.26. The second kappa shape index (κ2) is 6.90. The van der Waals surface area contributed by atoms with Crippen molar-refractivity contribution in [3.8, 4) is 5.75 Å². The summed E-state index contributed by atoms with van der Waals surface area (Å²) >= 11 is 0. The lowest BCUT2D eigenvalue weighted by atomic mass is 10.1. The van der Waals surface area contributed by atoms with Crippen LogP contribution in [0.2, 0.25) is 0 Å². The molecule has 20 heavy (non-hydrogen) atoms. The van der Waals surface area contributed by atoms with E-state index in [-0.39, 0.29) is 5.78 Å². The van der Waals surface area contributed by atoms with Crippen LogP contribution in [0.25, 0.3) is 0 Å². The number of carbonyl (C=O) groups is 1. The van der Waals surface area contributed by atoms with Crippen molar-refractivity contribution in [2.24, 2.45) is 0 Å². The molecule has 0 amide bonds. The van der Waals surface area contributed by atoms with Gasteiger partial charge >= 0.3 is 0 Å². The Morgan fingerprint density at radius 1 is 1.00 bits per heavy atom. The number of ketones is 1. The van der Waals surface area contributed by atoms with E-state index in [1.54, 1.807) is 0 Å². The molecule has 0 spiro atoms. The van der Waals surface area contributed by atoms with E-state index in [0.717, 1.165) is 28.9 Å². The largest absolute Gasteiger partial charge is 0.489 e. The van der Waals surface area contributed by atoms with Gasteiger partial charge < -0.3 is 4.74 Å². The van der Waals surface area contributed by atoms with Crippen molar-refractivity contribution in [2.75, 3.05) is 0 Å². The summed E-state index contributed by atoms with van der Waals surface area (Å²) in [5, 5.41) is 0. The molecule has 104 valence electrons. The molecule has 0 aromatic heterocycles. The smallest absolute Gasteiger partial charge is 0.163 e. The zero-order valence-electron chi connectivity index (χ0n) is 12.1. The van der Waals surface area contributed by atoms with Crippen LogP contribution in [0.1, 0.15) is 41.8 Å². The van der Waals surface area contributed by atoms with Crippen LogP contribution in [0.3, 0.4) is 0 Å². The lowest BCUT2D eigenvalue weighted by Gasteiger charge is -2.07. The number of hydrogen-bond donors (Lipinski definition) is 0. The third-order valence-electron chi connectivity index (χ3n) is 3.25. The lowest BCUT2D eigenvalue weighted by Crippen LogP contribution is -1.96. The molecule has 1 aliphatic rings. The maximum atomic E-state index is 11.5. The van der Waals surface area contributed by atoms with E-state index in [1.165, 1.54) is 0 Å². The Bertz CT molecular complexity index is 573. The van der Waals surface area contributed by atoms with Gasteiger partial charge in [-0.3, -0.25) is 4.79 Å². The number of aryl methyl sites for hydroxylation is 1. The van der Waals surface area contributed by atoms with Gasteiger partial charge in [0.2, 0.25) is 0 Å². The Balaban J connectivity index is 0.000000704. The highest BCUT2D eigenvalue weighted by Gasteiger charge is 2.19. The van der Waals surface area contributed by atoms with Crippen molar-refractivity contribution in [1.82, 2.24) is 0 Å². The van der Waals surface area contributed by atoms with Crippen molar-refractivity contribution in [2.45, 2.75) is 33.3 Å². The van der Waals surface area contributed by atoms with E-state index in [9.17, 15) is 4.79 Å². The molecular weight excluding hydrogens is 248 g/mol. The zero-order chi connectivity index (χ0) is 14.4. The fraction of sp³-hybridized carbons (Fsp3) is 0.278. The van der Waals surface area contributed by atoms with E-state index in [2.05, 4.69) is 0 Å². The van der Waals surface area contributed by atoms with Crippen LogP contribution in [-0.4, -0.2) is 5.78 Å². The van der Waals surface area contributed by atoms with Crippen LogP contribution in [0.15, 0.2) is 48.5 Å². The number of benzene rings is 2. The molecule has 2 aromatic rings. The maximum absolute atomic E-state index is 11.5. The topological polar surface area (TPSA) is 26.3 Å². The summed E-state index contributed by atoms with van der Waals surface area (Å²) in [5.41, 5.74) is 3.13. The summed E-state index contributed by atoms with van der Waals surface area (Å²) in [6, 6.07) is 15.8. The summed E-state index contributed by atoms with van der Waals surface area (Å²) in [7, 11) is 0. The molecule has 3 rings (SSSR count). The molecule has 2 aromatic carbocycles. The summed E-state index contributed by atoms with van der Waals surface area (Å²) in [6.45, 7) is 4.56. The van der Waals surface area contributed by atoms with Crippen LogP contribution in [0.5, 0.6) is 5.75 Å². The maximum Gasteiger partial charge on any atom is 0.163 e. The van der Waals surface area contributed by atoms with Crippen molar-refractivity contribution in [1.29, 1.82) is 0 Å². The third kappa shape index (κ3) is 3.27. The Labute approximate surface area is 120 Å². The van der Waals surface area contributed by atoms with Crippen LogP contribution < -0.4 is 4.74 Å². The summed E-state index contributed by atoms with van der Waals surface area (Å²) in [4.78, 5) is 11.5. The van der Waals surface area contributed by atoms with Crippen molar-refractivity contribution >= 4 is 5.78 Å². The van der Waals surface area contributed by atoms with Crippen molar-refractivity contribution in [3.05, 3.63) is 65.2 Å². The van der Waals surface area contributed by atoms with Gasteiger partial charge in [-0.2, -0.15) is 0 Å². The minimum absolute atomic E-state index is 0.250. The quantitative estimate of drug-likeness (QED) is 0.823. The summed E-state index contributed by atoms with van der Waals surface area (Å²) < 4.78 is 5.74. The molecular formula is C18H20O2. The predicted octanol–water partition coefficient (Wildman–Crippen LogP) is 4.42. The Kier molecular flexibility index (Phi) is 4.94. The van der Waals surface area contributed by atoms with Gasteiger partial charge in [0, 0.05) is 12.0 Å². The van der Waals surface area contributed by atoms with Gasteiger partial charge in [0.1, 0.15) is 12.4 Å². The molecule has 0 N–H and O–H groups in total. The second-order valence-electron chi connectivity index (χ2n) is 4.52. The molecule has 2 heteroatoms. The highest BCUT2D eigenvalue weighted by molar-refractivity contribution is 6.00. The standard InChI is InChI=1S/C16H14O2.C2H6/c17-16-9-6-13-10-14(7-8-15(13)16)18-11-12-4-2-1-3-5-12;1-2/h1-5,7-8,10H,6,9,11H2;1-2H3. The molecule has 0 unspecified atom stereocenters. The summed E-state index contributed by atoms with van der Waals surface area (Å²) in [6.07, 6.45) is 1.48.